The average Bonchev–Trinajstić information content (AvgIpc) is 2.65. The van der Waals surface area contributed by atoms with Crippen LogP contribution in [0.5, 0.6) is 0 Å². The van der Waals surface area contributed by atoms with Crippen LogP contribution in [0.3, 0.4) is 0 Å². The van der Waals surface area contributed by atoms with Gasteiger partial charge in [0, 0.05) is 0 Å². The molecule has 19 heavy (non-hydrogen) atoms. The molecule has 1 fully saturated rings. The quantitative estimate of drug-likeness (QED) is 0.906. The van der Waals surface area contributed by atoms with Crippen LogP contribution in [0.2, 0.25) is 0 Å². The van der Waals surface area contributed by atoms with Gasteiger partial charge in [-0.15, -0.1) is 0 Å². The molecule has 1 aromatic carbocycles. The Morgan fingerprint density at radius 2 is 1.95 bits per heavy atom. The molecule has 0 aromatic heterocycles. The minimum Gasteiger partial charge on any atom is -0.480 e. The monoisotopic (exact) mass is 263 g/mol. The third kappa shape index (κ3) is 2.54. The summed E-state index contributed by atoms with van der Waals surface area (Å²) in [6.45, 7) is 6.12. The van der Waals surface area contributed by atoms with Crippen LogP contribution in [0.15, 0.2) is 12.1 Å². The molecule has 5 heteroatoms. The van der Waals surface area contributed by atoms with Crippen molar-refractivity contribution in [1.29, 1.82) is 0 Å². The van der Waals surface area contributed by atoms with E-state index in [1.54, 1.807) is 0 Å². The predicted molar refractivity (Wildman–Crippen MR) is 69.0 cm³/mol. The van der Waals surface area contributed by atoms with Crippen molar-refractivity contribution in [3.8, 4) is 0 Å². The highest BCUT2D eigenvalue weighted by atomic mass is 16.6. The highest BCUT2D eigenvalue weighted by molar-refractivity contribution is 5.83. The van der Waals surface area contributed by atoms with Crippen molar-refractivity contribution in [3.63, 3.8) is 0 Å². The van der Waals surface area contributed by atoms with Crippen molar-refractivity contribution in [3.05, 3.63) is 34.4 Å². The minimum atomic E-state index is -1.03. The van der Waals surface area contributed by atoms with Crippen LogP contribution in [0.1, 0.15) is 22.3 Å². The van der Waals surface area contributed by atoms with Crippen LogP contribution in [-0.2, 0) is 16.1 Å². The number of carboxylic acids is 1. The van der Waals surface area contributed by atoms with Gasteiger partial charge < -0.3 is 9.84 Å². The Hall–Kier alpha value is -2.04. The Labute approximate surface area is 111 Å². The number of amides is 1. The van der Waals surface area contributed by atoms with Gasteiger partial charge in [-0.3, -0.25) is 4.90 Å². The van der Waals surface area contributed by atoms with E-state index < -0.39 is 18.1 Å². The summed E-state index contributed by atoms with van der Waals surface area (Å²) < 4.78 is 4.82. The third-order valence-corrected chi connectivity index (χ3v) is 3.43. The summed E-state index contributed by atoms with van der Waals surface area (Å²) in [5.74, 6) is -1.03. The molecular formula is C14H17NO4. The van der Waals surface area contributed by atoms with Crippen molar-refractivity contribution in [2.24, 2.45) is 0 Å². The van der Waals surface area contributed by atoms with Crippen LogP contribution in [0.4, 0.5) is 4.79 Å². The lowest BCUT2D eigenvalue weighted by Gasteiger charge is -2.21. The Morgan fingerprint density at radius 3 is 2.47 bits per heavy atom. The summed E-state index contributed by atoms with van der Waals surface area (Å²) >= 11 is 0. The number of rotatable bonds is 3. The number of carboxylic acid groups (broad SMARTS) is 1. The maximum atomic E-state index is 11.6. The summed E-state index contributed by atoms with van der Waals surface area (Å²) in [4.78, 5) is 24.0. The summed E-state index contributed by atoms with van der Waals surface area (Å²) in [7, 11) is 0. The fourth-order valence-electron chi connectivity index (χ4n) is 2.46. The van der Waals surface area contributed by atoms with Crippen molar-refractivity contribution >= 4 is 12.1 Å². The van der Waals surface area contributed by atoms with Gasteiger partial charge in [-0.25, -0.2) is 9.59 Å². The second-order valence-electron chi connectivity index (χ2n) is 4.94. The number of ether oxygens (including phenoxy) is 1. The molecule has 1 amide bonds. The van der Waals surface area contributed by atoms with Crippen LogP contribution in [-0.4, -0.2) is 34.7 Å². The number of carbonyl (C=O) groups excluding carboxylic acids is 1. The number of benzene rings is 1. The zero-order valence-corrected chi connectivity index (χ0v) is 11.3. The maximum absolute atomic E-state index is 11.6. The van der Waals surface area contributed by atoms with Gasteiger partial charge in [0.15, 0.2) is 6.04 Å². The van der Waals surface area contributed by atoms with Gasteiger partial charge in [-0.05, 0) is 37.5 Å². The number of hydrogen-bond acceptors (Lipinski definition) is 3. The average molecular weight is 263 g/mol. The van der Waals surface area contributed by atoms with E-state index in [0.29, 0.717) is 0 Å². The second kappa shape index (κ2) is 4.91. The molecule has 1 heterocycles. The normalized spacial score (nSPS) is 18.6. The van der Waals surface area contributed by atoms with E-state index in [1.807, 2.05) is 32.9 Å². The van der Waals surface area contributed by atoms with E-state index in [1.165, 1.54) is 4.90 Å². The van der Waals surface area contributed by atoms with E-state index in [2.05, 4.69) is 0 Å². The Bertz CT molecular complexity index is 515. The van der Waals surface area contributed by atoms with E-state index in [9.17, 15) is 9.59 Å². The highest BCUT2D eigenvalue weighted by Gasteiger charge is 2.38. The van der Waals surface area contributed by atoms with Crippen molar-refractivity contribution < 1.29 is 19.4 Å². The van der Waals surface area contributed by atoms with Crippen LogP contribution in [0.25, 0.3) is 0 Å². The smallest absolute Gasteiger partial charge is 0.411 e. The van der Waals surface area contributed by atoms with E-state index in [4.69, 9.17) is 9.84 Å². The van der Waals surface area contributed by atoms with Gasteiger partial charge in [0.25, 0.3) is 0 Å². The number of aliphatic carboxylic acids is 1. The minimum absolute atomic E-state index is 0.0852. The molecule has 1 aliphatic heterocycles. The second-order valence-corrected chi connectivity index (χ2v) is 4.94. The van der Waals surface area contributed by atoms with Crippen LogP contribution in [0, 0.1) is 20.8 Å². The third-order valence-electron chi connectivity index (χ3n) is 3.43. The number of hydrogen-bond donors (Lipinski definition) is 1. The lowest BCUT2D eigenvalue weighted by atomic mass is 9.99. The number of aryl methyl sites for hydroxylation is 3. The van der Waals surface area contributed by atoms with Gasteiger partial charge in [-0.2, -0.15) is 0 Å². The van der Waals surface area contributed by atoms with Crippen molar-refractivity contribution in [2.75, 3.05) is 6.61 Å². The lowest BCUT2D eigenvalue weighted by molar-refractivity contribution is -0.141. The molecule has 1 saturated heterocycles. The molecule has 1 unspecified atom stereocenters. The zero-order valence-electron chi connectivity index (χ0n) is 11.3. The molecule has 0 saturated carbocycles. The van der Waals surface area contributed by atoms with Gasteiger partial charge in [0.05, 0.1) is 6.54 Å². The molecule has 0 radical (unpaired) electrons. The molecule has 1 atom stereocenters. The fraction of sp³-hybridized carbons (Fsp3) is 0.429. The first-order chi connectivity index (χ1) is 8.90. The number of nitrogens with zero attached hydrogens (tertiary/aromatic N) is 1. The molecule has 2 rings (SSSR count). The van der Waals surface area contributed by atoms with E-state index >= 15 is 0 Å². The van der Waals surface area contributed by atoms with E-state index in [0.717, 1.165) is 22.3 Å². The number of carbonyl (C=O) groups is 2. The van der Waals surface area contributed by atoms with Gasteiger partial charge in [-0.1, -0.05) is 17.7 Å². The largest absolute Gasteiger partial charge is 0.480 e. The first-order valence-corrected chi connectivity index (χ1v) is 6.13. The molecule has 5 nitrogen and oxygen atoms in total. The molecule has 1 N–H and O–H groups in total. The summed E-state index contributed by atoms with van der Waals surface area (Å²) in [6.07, 6.45) is -0.563. The first kappa shape index (κ1) is 13.4. The molecular weight excluding hydrogens is 246 g/mol. The summed E-state index contributed by atoms with van der Waals surface area (Å²) in [5, 5.41) is 9.09. The van der Waals surface area contributed by atoms with Crippen LogP contribution >= 0.6 is 0 Å². The van der Waals surface area contributed by atoms with Gasteiger partial charge >= 0.3 is 12.1 Å². The molecule has 1 aromatic rings. The number of cyclic esters (lactones) is 1. The van der Waals surface area contributed by atoms with Crippen molar-refractivity contribution in [1.82, 2.24) is 4.90 Å². The standard InChI is InChI=1S/C14H17NO4/c1-8-4-9(2)11(10(3)5-8)6-15-12(13(16)17)7-19-14(15)18/h4-5,12H,6-7H2,1-3H3,(H,16,17). The summed E-state index contributed by atoms with van der Waals surface area (Å²) in [6, 6.07) is 3.16. The molecule has 1 aliphatic rings. The molecule has 0 bridgehead atoms. The van der Waals surface area contributed by atoms with Gasteiger partial charge in [0.2, 0.25) is 0 Å². The molecule has 0 spiro atoms. The van der Waals surface area contributed by atoms with E-state index in [-0.39, 0.29) is 13.2 Å². The molecule has 0 aliphatic carbocycles. The lowest BCUT2D eigenvalue weighted by Crippen LogP contribution is -2.39. The maximum Gasteiger partial charge on any atom is 0.411 e. The van der Waals surface area contributed by atoms with Gasteiger partial charge in [0.1, 0.15) is 6.61 Å². The van der Waals surface area contributed by atoms with Crippen LogP contribution < -0.4 is 0 Å². The topological polar surface area (TPSA) is 66.8 Å². The first-order valence-electron chi connectivity index (χ1n) is 6.13. The Morgan fingerprint density at radius 1 is 1.37 bits per heavy atom. The highest BCUT2D eigenvalue weighted by Crippen LogP contribution is 2.22. The Kier molecular flexibility index (Phi) is 3.46. The molecule has 102 valence electrons. The fourth-order valence-corrected chi connectivity index (χ4v) is 2.46. The van der Waals surface area contributed by atoms with Crippen molar-refractivity contribution in [2.45, 2.75) is 33.4 Å². The SMILES string of the molecule is Cc1cc(C)c(CN2C(=O)OCC2C(=O)O)c(C)c1. The zero-order chi connectivity index (χ0) is 14.2. The Balaban J connectivity index is 2.30. The predicted octanol–water partition coefficient (Wildman–Crippen LogP) is 2.02. The summed E-state index contributed by atoms with van der Waals surface area (Å²) in [5.41, 5.74) is 4.25.